The Morgan fingerprint density at radius 3 is 0.697 bits per heavy atom. The summed E-state index contributed by atoms with van der Waals surface area (Å²) >= 11 is 24.8. The van der Waals surface area contributed by atoms with E-state index < -0.39 is 7.32 Å². The molecule has 168 valence electrons. The first-order chi connectivity index (χ1) is 15.7. The Balaban J connectivity index is 0.000000709. The van der Waals surface area contributed by atoms with E-state index >= 15 is 0 Å². The van der Waals surface area contributed by atoms with Crippen molar-refractivity contribution in [1.29, 1.82) is 0 Å². The van der Waals surface area contributed by atoms with Gasteiger partial charge in [-0.1, -0.05) is 46.4 Å². The standard InChI is InChI=1S/C24H16Cl4N.BH3O3/c25-17-1-9-21(10-2-17)29(22-11-3-18(26)4-12-22,23-13-5-19(27)6-14-23)24-15-7-20(28)8-16-24;2-1(3)4/h1-16H;2-4H/q+1;. The van der Waals surface area contributed by atoms with E-state index in [9.17, 15) is 0 Å². The highest BCUT2D eigenvalue weighted by molar-refractivity contribution is 6.31. The number of quaternary nitrogens is 1. The second kappa shape index (κ2) is 11.4. The zero-order chi connectivity index (χ0) is 24.0. The normalized spacial score (nSPS) is 10.9. The molecule has 0 saturated carbocycles. The summed E-state index contributed by atoms with van der Waals surface area (Å²) in [5.74, 6) is 0. The van der Waals surface area contributed by atoms with Crippen LogP contribution in [-0.4, -0.2) is 22.4 Å². The fourth-order valence-electron chi connectivity index (χ4n) is 3.55. The van der Waals surface area contributed by atoms with Crippen LogP contribution in [0.15, 0.2) is 97.1 Å². The minimum atomic E-state index is -2.17. The predicted octanol–water partition coefficient (Wildman–Crippen LogP) is 7.55. The van der Waals surface area contributed by atoms with Crippen LogP contribution in [0, 0.1) is 0 Å². The smallest absolute Gasteiger partial charge is 0.402 e. The number of nitrogens with zero attached hydrogens (tertiary/aromatic N) is 1. The molecule has 0 aliphatic heterocycles. The zero-order valence-corrected chi connectivity index (χ0v) is 20.1. The molecule has 3 N–H and O–H groups in total. The topological polar surface area (TPSA) is 60.7 Å². The predicted molar refractivity (Wildman–Crippen MR) is 139 cm³/mol. The van der Waals surface area contributed by atoms with Crippen LogP contribution in [0.3, 0.4) is 0 Å². The first-order valence-electron chi connectivity index (χ1n) is 9.71. The van der Waals surface area contributed by atoms with E-state index in [2.05, 4.69) is 0 Å². The second-order valence-electron chi connectivity index (χ2n) is 6.92. The molecule has 4 aromatic carbocycles. The molecule has 0 bridgehead atoms. The third-order valence-corrected chi connectivity index (χ3v) is 5.86. The summed E-state index contributed by atoms with van der Waals surface area (Å²) in [6, 6.07) is 31.4. The van der Waals surface area contributed by atoms with Crippen molar-refractivity contribution in [2.24, 2.45) is 0 Å². The summed E-state index contributed by atoms with van der Waals surface area (Å²) in [6.45, 7) is 0. The number of hydrogen-bond donors (Lipinski definition) is 3. The van der Waals surface area contributed by atoms with Crippen LogP contribution in [0.5, 0.6) is 0 Å². The lowest BCUT2D eigenvalue weighted by atomic mass is 10.1. The van der Waals surface area contributed by atoms with Crippen LogP contribution < -0.4 is 4.48 Å². The van der Waals surface area contributed by atoms with Gasteiger partial charge in [0.2, 0.25) is 0 Å². The molecule has 0 unspecified atom stereocenters. The number of rotatable bonds is 4. The molecule has 0 radical (unpaired) electrons. The largest absolute Gasteiger partial charge is 0.631 e. The molecule has 4 aromatic rings. The van der Waals surface area contributed by atoms with Crippen LogP contribution in [0.4, 0.5) is 22.7 Å². The average Bonchev–Trinajstić information content (AvgIpc) is 2.78. The van der Waals surface area contributed by atoms with E-state index in [0.29, 0.717) is 24.6 Å². The summed E-state index contributed by atoms with van der Waals surface area (Å²) in [5.41, 5.74) is 4.06. The van der Waals surface area contributed by atoms with Crippen molar-refractivity contribution in [3.8, 4) is 0 Å². The van der Waals surface area contributed by atoms with E-state index in [4.69, 9.17) is 61.5 Å². The van der Waals surface area contributed by atoms with Crippen LogP contribution in [0.2, 0.25) is 20.1 Å². The van der Waals surface area contributed by atoms with Gasteiger partial charge in [0.15, 0.2) is 0 Å². The molecule has 0 saturated heterocycles. The quantitative estimate of drug-likeness (QED) is 0.192. The Hall–Kier alpha value is -2.06. The summed E-state index contributed by atoms with van der Waals surface area (Å²) in [7, 11) is -2.17. The lowest BCUT2D eigenvalue weighted by molar-refractivity contribution is 0.278. The van der Waals surface area contributed by atoms with E-state index in [1.54, 1.807) is 0 Å². The Morgan fingerprint density at radius 2 is 0.545 bits per heavy atom. The van der Waals surface area contributed by atoms with Gasteiger partial charge in [0, 0.05) is 68.6 Å². The van der Waals surface area contributed by atoms with Gasteiger partial charge in [-0.2, -0.15) is 4.48 Å². The second-order valence-corrected chi connectivity index (χ2v) is 8.67. The van der Waals surface area contributed by atoms with Gasteiger partial charge in [-0.3, -0.25) is 0 Å². The first kappa shape index (κ1) is 25.6. The minimum absolute atomic E-state index is 0.322. The van der Waals surface area contributed by atoms with Crippen molar-refractivity contribution < 1.29 is 15.1 Å². The SMILES string of the molecule is Clc1ccc([N+](c2ccc(Cl)cc2)(c2ccc(Cl)cc2)c2ccc(Cl)cc2)cc1.OB(O)O. The van der Waals surface area contributed by atoms with Gasteiger partial charge < -0.3 is 15.1 Å². The van der Waals surface area contributed by atoms with Crippen molar-refractivity contribution in [2.45, 2.75) is 0 Å². The minimum Gasteiger partial charge on any atom is -0.402 e. The molecular weight excluding hydrogens is 503 g/mol. The van der Waals surface area contributed by atoms with Gasteiger partial charge in [-0.25, -0.2) is 0 Å². The van der Waals surface area contributed by atoms with Crippen molar-refractivity contribution in [3.05, 3.63) is 117 Å². The van der Waals surface area contributed by atoms with Crippen molar-refractivity contribution in [1.82, 2.24) is 4.48 Å². The maximum absolute atomic E-state index is 7.17. The highest BCUT2D eigenvalue weighted by Crippen LogP contribution is 2.51. The van der Waals surface area contributed by atoms with Gasteiger partial charge >= 0.3 is 7.32 Å². The highest BCUT2D eigenvalue weighted by atomic mass is 35.5. The number of hydrogen-bond acceptors (Lipinski definition) is 3. The first-order valence-corrected chi connectivity index (χ1v) is 11.2. The molecule has 0 spiro atoms. The van der Waals surface area contributed by atoms with Crippen molar-refractivity contribution in [3.63, 3.8) is 0 Å². The number of halogens is 4. The number of benzene rings is 4. The fraction of sp³-hybridized carbons (Fsp3) is 0. The highest BCUT2D eigenvalue weighted by Gasteiger charge is 2.39. The zero-order valence-electron chi connectivity index (χ0n) is 17.1. The summed E-state index contributed by atoms with van der Waals surface area (Å²) in [6.07, 6.45) is 0. The van der Waals surface area contributed by atoms with E-state index in [-0.39, 0.29) is 0 Å². The molecule has 9 heteroatoms. The van der Waals surface area contributed by atoms with Gasteiger partial charge in [-0.05, 0) is 48.5 Å². The van der Waals surface area contributed by atoms with Crippen LogP contribution in [-0.2, 0) is 0 Å². The molecule has 0 atom stereocenters. The Labute approximate surface area is 212 Å². The molecule has 0 fully saturated rings. The van der Waals surface area contributed by atoms with E-state index in [1.807, 2.05) is 97.1 Å². The molecule has 0 aliphatic rings. The van der Waals surface area contributed by atoms with Crippen LogP contribution in [0.25, 0.3) is 0 Å². The van der Waals surface area contributed by atoms with Gasteiger partial charge in [-0.15, -0.1) is 0 Å². The maximum Gasteiger partial charge on any atom is 0.631 e. The Bertz CT molecular complexity index is 980. The van der Waals surface area contributed by atoms with Gasteiger partial charge in [0.05, 0.1) is 0 Å². The summed E-state index contributed by atoms with van der Waals surface area (Å²) in [5, 5.41) is 24.2. The molecule has 0 aliphatic carbocycles. The molecule has 0 heterocycles. The summed E-state index contributed by atoms with van der Waals surface area (Å²) in [4.78, 5) is 0. The molecule has 4 nitrogen and oxygen atoms in total. The van der Waals surface area contributed by atoms with Crippen LogP contribution in [0.1, 0.15) is 0 Å². The maximum atomic E-state index is 7.17. The third kappa shape index (κ3) is 6.09. The van der Waals surface area contributed by atoms with Gasteiger partial charge in [0.25, 0.3) is 0 Å². The lowest BCUT2D eigenvalue weighted by Gasteiger charge is -2.37. The molecule has 4 rings (SSSR count). The average molecular weight is 522 g/mol. The summed E-state index contributed by atoms with van der Waals surface area (Å²) < 4.78 is 0.322. The van der Waals surface area contributed by atoms with Crippen molar-refractivity contribution in [2.75, 3.05) is 0 Å². The monoisotopic (exact) mass is 520 g/mol. The van der Waals surface area contributed by atoms with Crippen molar-refractivity contribution >= 4 is 76.5 Å². The Morgan fingerprint density at radius 1 is 0.394 bits per heavy atom. The third-order valence-electron chi connectivity index (χ3n) is 4.86. The fourth-order valence-corrected chi connectivity index (χ4v) is 4.06. The van der Waals surface area contributed by atoms with E-state index in [0.717, 1.165) is 22.7 Å². The molecule has 0 amide bonds. The molecule has 33 heavy (non-hydrogen) atoms. The lowest BCUT2D eigenvalue weighted by Crippen LogP contribution is -2.33. The van der Waals surface area contributed by atoms with Gasteiger partial charge in [0.1, 0.15) is 22.7 Å². The Kier molecular flexibility index (Phi) is 8.82. The van der Waals surface area contributed by atoms with Crippen LogP contribution >= 0.6 is 46.4 Å². The molecule has 0 aromatic heterocycles. The molecular formula is C24H19BCl4NO3+. The van der Waals surface area contributed by atoms with E-state index in [1.165, 1.54) is 0 Å².